The molecule has 0 aliphatic carbocycles. The molecule has 0 fully saturated rings. The number of nitrogens with zero attached hydrogens (tertiary/aromatic N) is 2. The Kier molecular flexibility index (Phi) is 2.04. The molecule has 0 saturated heterocycles. The zero-order chi connectivity index (χ0) is 11.8. The molecule has 0 unspecified atom stereocenters. The number of fused-ring (bicyclic) bond motifs is 1. The summed E-state index contributed by atoms with van der Waals surface area (Å²) in [4.78, 5) is 18.8. The minimum atomic E-state index is -0.166. The highest BCUT2D eigenvalue weighted by Gasteiger charge is 2.19. The fraction of sp³-hybridized carbons (Fsp3) is 0.0833. The number of aromatic nitrogens is 2. The highest BCUT2D eigenvalue weighted by atomic mass is 16.2. The van der Waals surface area contributed by atoms with E-state index in [0.29, 0.717) is 11.3 Å². The van der Waals surface area contributed by atoms with Crippen molar-refractivity contribution >= 4 is 28.7 Å². The van der Waals surface area contributed by atoms with E-state index in [1.165, 1.54) is 0 Å². The highest BCUT2D eigenvalue weighted by Crippen LogP contribution is 2.20. The van der Waals surface area contributed by atoms with E-state index in [2.05, 4.69) is 20.5 Å². The number of carbonyl (C=O) groups is 1. The Labute approximate surface area is 97.2 Å². The molecule has 5 heteroatoms. The van der Waals surface area contributed by atoms with E-state index in [9.17, 15) is 4.79 Å². The van der Waals surface area contributed by atoms with Gasteiger partial charge in [0.05, 0.1) is 11.3 Å². The van der Waals surface area contributed by atoms with Crippen LogP contribution in [0.3, 0.4) is 0 Å². The van der Waals surface area contributed by atoms with Gasteiger partial charge in [-0.3, -0.25) is 4.79 Å². The van der Waals surface area contributed by atoms with Gasteiger partial charge in [0, 0.05) is 23.3 Å². The molecule has 5 nitrogen and oxygen atoms in total. The van der Waals surface area contributed by atoms with Gasteiger partial charge in [0.25, 0.3) is 5.91 Å². The van der Waals surface area contributed by atoms with Gasteiger partial charge in [0.15, 0.2) is 0 Å². The molecule has 2 N–H and O–H groups in total. The number of nitrogens with one attached hydrogen (secondary N) is 2. The summed E-state index contributed by atoms with van der Waals surface area (Å²) in [5.41, 5.74) is 5.48. The Bertz CT molecular complexity index is 666. The van der Waals surface area contributed by atoms with Gasteiger partial charge in [0.2, 0.25) is 0 Å². The average Bonchev–Trinajstić information content (AvgIpc) is 2.88. The van der Waals surface area contributed by atoms with Gasteiger partial charge in [-0.25, -0.2) is 10.4 Å². The molecule has 84 valence electrons. The minimum Gasteiger partial charge on any atom is -0.346 e. The Balaban J connectivity index is 2.14. The lowest BCUT2D eigenvalue weighted by Gasteiger charge is -1.94. The van der Waals surface area contributed by atoms with Crippen LogP contribution in [0.25, 0.3) is 17.1 Å². The van der Waals surface area contributed by atoms with Crippen molar-refractivity contribution in [2.75, 3.05) is 0 Å². The van der Waals surface area contributed by atoms with Crippen molar-refractivity contribution in [3.63, 3.8) is 0 Å². The lowest BCUT2D eigenvalue weighted by atomic mass is 10.1. The Morgan fingerprint density at radius 2 is 2.29 bits per heavy atom. The van der Waals surface area contributed by atoms with E-state index in [1.807, 2.05) is 24.4 Å². The van der Waals surface area contributed by atoms with Crippen LogP contribution in [0.5, 0.6) is 0 Å². The number of aromatic amines is 1. The van der Waals surface area contributed by atoms with Gasteiger partial charge in [-0.05, 0) is 25.1 Å². The summed E-state index contributed by atoms with van der Waals surface area (Å²) >= 11 is 0. The molecular formula is C12H10N4O. The summed E-state index contributed by atoms with van der Waals surface area (Å²) in [7, 11) is 0. The van der Waals surface area contributed by atoms with Crippen molar-refractivity contribution < 1.29 is 4.79 Å². The maximum atomic E-state index is 11.5. The van der Waals surface area contributed by atoms with Crippen molar-refractivity contribution in [1.29, 1.82) is 0 Å². The van der Waals surface area contributed by atoms with E-state index >= 15 is 0 Å². The molecule has 0 spiro atoms. The zero-order valence-corrected chi connectivity index (χ0v) is 9.19. The molecule has 2 aromatic heterocycles. The molecule has 0 aromatic carbocycles. The van der Waals surface area contributed by atoms with E-state index in [4.69, 9.17) is 0 Å². The van der Waals surface area contributed by atoms with Crippen LogP contribution in [-0.2, 0) is 4.79 Å². The number of carbonyl (C=O) groups excluding carboxylic acids is 1. The third kappa shape index (κ3) is 1.52. The molecule has 2 aromatic rings. The highest BCUT2D eigenvalue weighted by molar-refractivity contribution is 6.27. The minimum absolute atomic E-state index is 0.166. The maximum Gasteiger partial charge on any atom is 0.273 e. The van der Waals surface area contributed by atoms with Gasteiger partial charge in [-0.2, -0.15) is 5.10 Å². The number of rotatable bonds is 1. The quantitative estimate of drug-likeness (QED) is 0.722. The van der Waals surface area contributed by atoms with Crippen molar-refractivity contribution in [3.8, 4) is 0 Å². The van der Waals surface area contributed by atoms with E-state index in [-0.39, 0.29) is 5.91 Å². The van der Waals surface area contributed by atoms with Crippen LogP contribution in [0.4, 0.5) is 0 Å². The fourth-order valence-electron chi connectivity index (χ4n) is 1.84. The summed E-state index contributed by atoms with van der Waals surface area (Å²) in [6.07, 6.45) is 5.38. The first kappa shape index (κ1) is 9.77. The number of H-pyrrole nitrogens is 1. The maximum absolute atomic E-state index is 11.5. The predicted molar refractivity (Wildman–Crippen MR) is 65.3 cm³/mol. The second-order valence-corrected chi connectivity index (χ2v) is 3.84. The van der Waals surface area contributed by atoms with Crippen molar-refractivity contribution in [1.82, 2.24) is 15.4 Å². The predicted octanol–water partition coefficient (Wildman–Crippen LogP) is 1.45. The first-order valence-corrected chi connectivity index (χ1v) is 5.24. The summed E-state index contributed by atoms with van der Waals surface area (Å²) in [5.74, 6) is -0.166. The Morgan fingerprint density at radius 3 is 3.06 bits per heavy atom. The van der Waals surface area contributed by atoms with Crippen LogP contribution in [0.15, 0.2) is 35.2 Å². The second-order valence-electron chi connectivity index (χ2n) is 3.84. The van der Waals surface area contributed by atoms with Gasteiger partial charge in [-0.15, -0.1) is 0 Å². The van der Waals surface area contributed by atoms with E-state index < -0.39 is 0 Å². The summed E-state index contributed by atoms with van der Waals surface area (Å²) in [6.45, 7) is 1.80. The number of hydrogen-bond donors (Lipinski definition) is 2. The fourth-order valence-corrected chi connectivity index (χ4v) is 1.84. The van der Waals surface area contributed by atoms with Crippen LogP contribution in [0.1, 0.15) is 12.5 Å². The molecule has 3 heterocycles. The van der Waals surface area contributed by atoms with Crippen LogP contribution in [0, 0.1) is 0 Å². The van der Waals surface area contributed by atoms with E-state index in [1.54, 1.807) is 13.1 Å². The monoisotopic (exact) mass is 226 g/mol. The van der Waals surface area contributed by atoms with Gasteiger partial charge in [0.1, 0.15) is 5.65 Å². The summed E-state index contributed by atoms with van der Waals surface area (Å²) in [5, 5.41) is 4.88. The van der Waals surface area contributed by atoms with Crippen molar-refractivity contribution in [3.05, 3.63) is 35.7 Å². The Hall–Kier alpha value is -2.43. The molecule has 0 bridgehead atoms. The number of hydrazone groups is 1. The summed E-state index contributed by atoms with van der Waals surface area (Å²) < 4.78 is 0. The standard InChI is InChI=1S/C12H10N4O/c1-7-10(12(17)16-15-7)5-8-6-14-11-9(8)3-2-4-13-11/h2-6H,1H3,(H,13,14)(H,16,17). The molecule has 17 heavy (non-hydrogen) atoms. The molecule has 3 rings (SSSR count). The number of pyridine rings is 1. The molecule has 0 saturated carbocycles. The lowest BCUT2D eigenvalue weighted by Crippen LogP contribution is -2.12. The van der Waals surface area contributed by atoms with E-state index in [0.717, 1.165) is 16.6 Å². The molecular weight excluding hydrogens is 216 g/mol. The Morgan fingerprint density at radius 1 is 1.41 bits per heavy atom. The second kappa shape index (κ2) is 3.55. The SMILES string of the molecule is CC1=NNC(=O)C1=Cc1c[nH]c2ncccc12. The number of hydrogen-bond acceptors (Lipinski definition) is 3. The smallest absolute Gasteiger partial charge is 0.273 e. The van der Waals surface area contributed by atoms with Crippen LogP contribution >= 0.6 is 0 Å². The number of amides is 1. The summed E-state index contributed by atoms with van der Waals surface area (Å²) in [6, 6.07) is 3.83. The molecule has 1 aliphatic rings. The first-order chi connectivity index (χ1) is 8.25. The third-order valence-electron chi connectivity index (χ3n) is 2.74. The van der Waals surface area contributed by atoms with Crippen LogP contribution < -0.4 is 5.43 Å². The topological polar surface area (TPSA) is 70.1 Å². The molecule has 1 amide bonds. The average molecular weight is 226 g/mol. The van der Waals surface area contributed by atoms with Crippen molar-refractivity contribution in [2.45, 2.75) is 6.92 Å². The third-order valence-corrected chi connectivity index (χ3v) is 2.74. The molecule has 1 aliphatic heterocycles. The lowest BCUT2D eigenvalue weighted by molar-refractivity contribution is -0.116. The molecule has 0 radical (unpaired) electrons. The van der Waals surface area contributed by atoms with Crippen molar-refractivity contribution in [2.24, 2.45) is 5.10 Å². The normalized spacial score (nSPS) is 17.6. The zero-order valence-electron chi connectivity index (χ0n) is 9.19. The van der Waals surface area contributed by atoms with Gasteiger partial charge >= 0.3 is 0 Å². The van der Waals surface area contributed by atoms with Gasteiger partial charge < -0.3 is 4.98 Å². The van der Waals surface area contributed by atoms with Crippen LogP contribution in [-0.4, -0.2) is 21.6 Å². The van der Waals surface area contributed by atoms with Gasteiger partial charge in [-0.1, -0.05) is 0 Å². The molecule has 0 atom stereocenters. The van der Waals surface area contributed by atoms with Crippen LogP contribution in [0.2, 0.25) is 0 Å². The first-order valence-electron chi connectivity index (χ1n) is 5.24. The largest absolute Gasteiger partial charge is 0.346 e.